The molecule has 0 radical (unpaired) electrons. The van der Waals surface area contributed by atoms with E-state index in [1.807, 2.05) is 43.1 Å². The summed E-state index contributed by atoms with van der Waals surface area (Å²) in [5.74, 6) is -1.27. The van der Waals surface area contributed by atoms with Gasteiger partial charge in [0.25, 0.3) is 0 Å². The van der Waals surface area contributed by atoms with Crippen LogP contribution in [0.5, 0.6) is 0 Å². The molecule has 1 atom stereocenters. The molecule has 2 fully saturated rings. The Morgan fingerprint density at radius 1 is 1.03 bits per heavy atom. The number of aryl methyl sites for hydroxylation is 1. The summed E-state index contributed by atoms with van der Waals surface area (Å²) in [6.07, 6.45) is -4.51. The Morgan fingerprint density at radius 3 is 2.33 bits per heavy atom. The average molecular weight is 461 g/mol. The average Bonchev–Trinajstić information content (AvgIpc) is 3.16. The van der Waals surface area contributed by atoms with Crippen LogP contribution in [0.1, 0.15) is 17.5 Å². The van der Waals surface area contributed by atoms with Crippen molar-refractivity contribution in [2.75, 3.05) is 54.9 Å². The smallest absolute Gasteiger partial charge is 0.367 e. The van der Waals surface area contributed by atoms with Gasteiger partial charge in [0.2, 0.25) is 11.8 Å². The lowest BCUT2D eigenvalue weighted by molar-refractivity contribution is -0.137. The summed E-state index contributed by atoms with van der Waals surface area (Å²) in [7, 11) is 1.99. The molecule has 176 valence electrons. The Balaban J connectivity index is 1.55. The second-order valence-electron chi connectivity index (χ2n) is 8.75. The van der Waals surface area contributed by atoms with E-state index < -0.39 is 23.6 Å². The van der Waals surface area contributed by atoms with Crippen LogP contribution in [0.15, 0.2) is 42.5 Å². The first-order valence-corrected chi connectivity index (χ1v) is 10.9. The molecule has 2 heterocycles. The molecule has 1 unspecified atom stereocenters. The van der Waals surface area contributed by atoms with Gasteiger partial charge < -0.3 is 20.0 Å². The summed E-state index contributed by atoms with van der Waals surface area (Å²) >= 11 is 0. The standard InChI is InChI=1S/C24H27F3N4O2/c1-16-3-6-19(7-4-16)31-15-17(13-22(31)32)23(33)28-20-14-18(24(25,26)27)5-8-21(20)30-11-9-29(2)10-12-30/h3-8,14,17H,9-13,15H2,1-2H3,(H,28,33). The topological polar surface area (TPSA) is 55.9 Å². The molecule has 0 spiro atoms. The lowest BCUT2D eigenvalue weighted by Crippen LogP contribution is -2.44. The van der Waals surface area contributed by atoms with E-state index in [0.717, 1.165) is 30.8 Å². The number of rotatable bonds is 4. The van der Waals surface area contributed by atoms with Crippen molar-refractivity contribution in [3.8, 4) is 0 Å². The number of carbonyl (C=O) groups excluding carboxylic acids is 2. The van der Waals surface area contributed by atoms with Gasteiger partial charge in [0.05, 0.1) is 22.9 Å². The fourth-order valence-corrected chi connectivity index (χ4v) is 4.23. The Bertz CT molecular complexity index is 1030. The summed E-state index contributed by atoms with van der Waals surface area (Å²) < 4.78 is 40.1. The highest BCUT2D eigenvalue weighted by molar-refractivity contribution is 6.04. The van der Waals surface area contributed by atoms with Crippen LogP contribution in [0.25, 0.3) is 0 Å². The van der Waals surface area contributed by atoms with Crippen LogP contribution in [0.2, 0.25) is 0 Å². The normalized spacial score (nSPS) is 19.8. The number of piperazine rings is 1. The van der Waals surface area contributed by atoms with Gasteiger partial charge >= 0.3 is 6.18 Å². The predicted octanol–water partition coefficient (Wildman–Crippen LogP) is 3.76. The molecule has 0 aliphatic carbocycles. The molecule has 2 aromatic rings. The fourth-order valence-electron chi connectivity index (χ4n) is 4.23. The van der Waals surface area contributed by atoms with E-state index in [0.29, 0.717) is 24.5 Å². The van der Waals surface area contributed by atoms with Gasteiger partial charge in [-0.2, -0.15) is 13.2 Å². The molecule has 4 rings (SSSR count). The highest BCUT2D eigenvalue weighted by Gasteiger charge is 2.36. The highest BCUT2D eigenvalue weighted by atomic mass is 19.4. The van der Waals surface area contributed by atoms with E-state index in [9.17, 15) is 22.8 Å². The van der Waals surface area contributed by atoms with Crippen LogP contribution in [-0.4, -0.2) is 56.5 Å². The maximum Gasteiger partial charge on any atom is 0.416 e. The predicted molar refractivity (Wildman–Crippen MR) is 121 cm³/mol. The van der Waals surface area contributed by atoms with Crippen molar-refractivity contribution in [1.82, 2.24) is 4.90 Å². The molecule has 2 saturated heterocycles. The van der Waals surface area contributed by atoms with Crippen molar-refractivity contribution in [2.24, 2.45) is 5.92 Å². The molecular weight excluding hydrogens is 433 g/mol. The van der Waals surface area contributed by atoms with Crippen molar-refractivity contribution in [2.45, 2.75) is 19.5 Å². The monoisotopic (exact) mass is 460 g/mol. The molecule has 2 amide bonds. The summed E-state index contributed by atoms with van der Waals surface area (Å²) in [5.41, 5.74) is 1.63. The number of carbonyl (C=O) groups is 2. The molecule has 0 bridgehead atoms. The number of nitrogens with zero attached hydrogens (tertiary/aromatic N) is 3. The molecule has 2 aliphatic rings. The van der Waals surface area contributed by atoms with Crippen LogP contribution in [0.3, 0.4) is 0 Å². The maximum absolute atomic E-state index is 13.4. The molecule has 2 aliphatic heterocycles. The summed E-state index contributed by atoms with van der Waals surface area (Å²) in [4.78, 5) is 31.3. The zero-order valence-corrected chi connectivity index (χ0v) is 18.7. The highest BCUT2D eigenvalue weighted by Crippen LogP contribution is 2.36. The van der Waals surface area contributed by atoms with Crippen molar-refractivity contribution < 1.29 is 22.8 Å². The van der Waals surface area contributed by atoms with Gasteiger partial charge in [0.15, 0.2) is 0 Å². The maximum atomic E-state index is 13.4. The Hall–Kier alpha value is -3.07. The fraction of sp³-hybridized carbons (Fsp3) is 0.417. The van der Waals surface area contributed by atoms with Crippen LogP contribution in [0, 0.1) is 12.8 Å². The number of halogens is 3. The third-order valence-electron chi connectivity index (χ3n) is 6.27. The van der Waals surface area contributed by atoms with Crippen LogP contribution >= 0.6 is 0 Å². The second-order valence-corrected chi connectivity index (χ2v) is 8.75. The van der Waals surface area contributed by atoms with Crippen LogP contribution < -0.4 is 15.1 Å². The molecule has 33 heavy (non-hydrogen) atoms. The van der Waals surface area contributed by atoms with E-state index in [2.05, 4.69) is 10.2 Å². The first kappa shape index (κ1) is 23.1. The number of alkyl halides is 3. The van der Waals surface area contributed by atoms with Gasteiger partial charge in [-0.15, -0.1) is 0 Å². The summed E-state index contributed by atoms with van der Waals surface area (Å²) in [6, 6.07) is 10.9. The Morgan fingerprint density at radius 2 is 1.70 bits per heavy atom. The van der Waals surface area contributed by atoms with Gasteiger partial charge in [0.1, 0.15) is 0 Å². The number of benzene rings is 2. The number of likely N-dealkylation sites (N-methyl/N-ethyl adjacent to an activating group) is 1. The summed E-state index contributed by atoms with van der Waals surface area (Å²) in [5, 5.41) is 2.70. The largest absolute Gasteiger partial charge is 0.416 e. The van der Waals surface area contributed by atoms with Gasteiger partial charge in [-0.05, 0) is 44.3 Å². The van der Waals surface area contributed by atoms with Gasteiger partial charge in [-0.3, -0.25) is 9.59 Å². The molecular formula is C24H27F3N4O2. The van der Waals surface area contributed by atoms with E-state index in [-0.39, 0.29) is 24.6 Å². The van der Waals surface area contributed by atoms with Crippen molar-refractivity contribution in [1.29, 1.82) is 0 Å². The van der Waals surface area contributed by atoms with E-state index in [1.54, 1.807) is 4.90 Å². The minimum atomic E-state index is -4.52. The number of hydrogen-bond donors (Lipinski definition) is 1. The first-order valence-electron chi connectivity index (χ1n) is 10.9. The zero-order chi connectivity index (χ0) is 23.8. The minimum Gasteiger partial charge on any atom is -0.367 e. The van der Waals surface area contributed by atoms with Crippen LogP contribution in [0.4, 0.5) is 30.2 Å². The van der Waals surface area contributed by atoms with Crippen molar-refractivity contribution in [3.63, 3.8) is 0 Å². The summed E-state index contributed by atoms with van der Waals surface area (Å²) in [6.45, 7) is 4.98. The van der Waals surface area contributed by atoms with E-state index in [1.165, 1.54) is 6.07 Å². The third kappa shape index (κ3) is 5.13. The van der Waals surface area contributed by atoms with E-state index in [4.69, 9.17) is 0 Å². The molecule has 9 heteroatoms. The molecule has 2 aromatic carbocycles. The quantitative estimate of drug-likeness (QED) is 0.755. The third-order valence-corrected chi connectivity index (χ3v) is 6.27. The Labute approximate surface area is 191 Å². The first-order chi connectivity index (χ1) is 15.6. The SMILES string of the molecule is Cc1ccc(N2CC(C(=O)Nc3cc(C(F)(F)F)ccc3N3CCN(C)CC3)CC2=O)cc1. The van der Waals surface area contributed by atoms with Gasteiger partial charge in [-0.25, -0.2) is 0 Å². The van der Waals surface area contributed by atoms with Crippen molar-refractivity contribution >= 4 is 28.9 Å². The minimum absolute atomic E-state index is 0.0164. The van der Waals surface area contributed by atoms with Crippen LogP contribution in [-0.2, 0) is 15.8 Å². The lowest BCUT2D eigenvalue weighted by Gasteiger charge is -2.35. The molecule has 1 N–H and O–H groups in total. The van der Waals surface area contributed by atoms with Gasteiger partial charge in [-0.1, -0.05) is 17.7 Å². The second kappa shape index (κ2) is 9.05. The van der Waals surface area contributed by atoms with Gasteiger partial charge in [0, 0.05) is 44.8 Å². The molecule has 0 aromatic heterocycles. The number of hydrogen-bond acceptors (Lipinski definition) is 4. The molecule has 6 nitrogen and oxygen atoms in total. The number of amides is 2. The Kier molecular flexibility index (Phi) is 6.34. The number of anilines is 3. The number of nitrogens with one attached hydrogen (secondary N) is 1. The zero-order valence-electron chi connectivity index (χ0n) is 18.7. The lowest BCUT2D eigenvalue weighted by atomic mass is 10.1. The van der Waals surface area contributed by atoms with Crippen molar-refractivity contribution in [3.05, 3.63) is 53.6 Å². The molecule has 0 saturated carbocycles. The van der Waals surface area contributed by atoms with E-state index >= 15 is 0 Å².